The maximum Gasteiger partial charge on any atom is 0.0962 e. The SMILES string of the molecule is OC(CNc1ccc(I)cc1)c1ccc2ccccc2c1. The summed E-state index contributed by atoms with van der Waals surface area (Å²) in [7, 11) is 0. The van der Waals surface area contributed by atoms with Gasteiger partial charge in [-0.3, -0.25) is 0 Å². The van der Waals surface area contributed by atoms with Gasteiger partial charge in [0.2, 0.25) is 0 Å². The average molecular weight is 389 g/mol. The van der Waals surface area contributed by atoms with Crippen molar-refractivity contribution in [2.75, 3.05) is 11.9 Å². The summed E-state index contributed by atoms with van der Waals surface area (Å²) in [5.41, 5.74) is 1.96. The van der Waals surface area contributed by atoms with Gasteiger partial charge in [-0.25, -0.2) is 0 Å². The minimum Gasteiger partial charge on any atom is -0.387 e. The summed E-state index contributed by atoms with van der Waals surface area (Å²) in [5.74, 6) is 0. The Bertz CT molecular complexity index is 740. The van der Waals surface area contributed by atoms with Crippen LogP contribution in [0.5, 0.6) is 0 Å². The smallest absolute Gasteiger partial charge is 0.0962 e. The first-order valence-corrected chi connectivity index (χ1v) is 7.96. The molecule has 3 heteroatoms. The summed E-state index contributed by atoms with van der Waals surface area (Å²) in [6, 6.07) is 22.4. The lowest BCUT2D eigenvalue weighted by molar-refractivity contribution is 0.192. The fourth-order valence-corrected chi connectivity index (χ4v) is 2.67. The summed E-state index contributed by atoms with van der Waals surface area (Å²) < 4.78 is 1.20. The van der Waals surface area contributed by atoms with E-state index < -0.39 is 6.10 Å². The lowest BCUT2D eigenvalue weighted by Crippen LogP contribution is -2.12. The van der Waals surface area contributed by atoms with Crippen LogP contribution in [0.2, 0.25) is 0 Å². The van der Waals surface area contributed by atoms with Crippen LogP contribution in [-0.4, -0.2) is 11.7 Å². The fourth-order valence-electron chi connectivity index (χ4n) is 2.32. The zero-order chi connectivity index (χ0) is 14.7. The number of anilines is 1. The number of nitrogens with one attached hydrogen (secondary N) is 1. The molecule has 1 atom stereocenters. The topological polar surface area (TPSA) is 32.3 Å². The zero-order valence-corrected chi connectivity index (χ0v) is 13.6. The van der Waals surface area contributed by atoms with Crippen molar-refractivity contribution in [3.05, 3.63) is 75.9 Å². The van der Waals surface area contributed by atoms with Crippen molar-refractivity contribution in [1.29, 1.82) is 0 Å². The van der Waals surface area contributed by atoms with Crippen LogP contribution in [0.25, 0.3) is 10.8 Å². The number of rotatable bonds is 4. The first-order valence-electron chi connectivity index (χ1n) is 6.88. The lowest BCUT2D eigenvalue weighted by atomic mass is 10.0. The molecule has 0 aliphatic rings. The standard InChI is InChI=1S/C18H16INO/c19-16-7-9-17(10-8-16)20-12-18(21)15-6-5-13-3-1-2-4-14(13)11-15/h1-11,18,20-21H,12H2. The van der Waals surface area contributed by atoms with Crippen molar-refractivity contribution in [2.45, 2.75) is 6.10 Å². The third-order valence-electron chi connectivity index (χ3n) is 3.50. The van der Waals surface area contributed by atoms with E-state index in [2.05, 4.69) is 52.2 Å². The highest BCUT2D eigenvalue weighted by molar-refractivity contribution is 14.1. The molecule has 0 radical (unpaired) electrons. The average Bonchev–Trinajstić information content (AvgIpc) is 2.53. The molecule has 0 fully saturated rings. The van der Waals surface area contributed by atoms with Gasteiger partial charge in [0.1, 0.15) is 0 Å². The molecule has 0 aromatic heterocycles. The van der Waals surface area contributed by atoms with Gasteiger partial charge in [-0.15, -0.1) is 0 Å². The van der Waals surface area contributed by atoms with E-state index in [4.69, 9.17) is 0 Å². The normalized spacial score (nSPS) is 12.3. The molecule has 0 saturated carbocycles. The van der Waals surface area contributed by atoms with Gasteiger partial charge in [-0.05, 0) is 69.3 Å². The molecule has 3 aromatic carbocycles. The zero-order valence-electron chi connectivity index (χ0n) is 11.5. The Morgan fingerprint density at radius 1 is 0.905 bits per heavy atom. The Balaban J connectivity index is 1.71. The number of hydrogen-bond donors (Lipinski definition) is 2. The monoisotopic (exact) mass is 389 g/mol. The van der Waals surface area contributed by atoms with Crippen molar-refractivity contribution < 1.29 is 5.11 Å². The highest BCUT2D eigenvalue weighted by atomic mass is 127. The molecule has 3 rings (SSSR count). The lowest BCUT2D eigenvalue weighted by Gasteiger charge is -2.14. The van der Waals surface area contributed by atoms with Crippen molar-refractivity contribution in [1.82, 2.24) is 0 Å². The Labute approximate surface area is 138 Å². The van der Waals surface area contributed by atoms with Crippen LogP contribution in [0.15, 0.2) is 66.7 Å². The second-order valence-electron chi connectivity index (χ2n) is 5.01. The molecule has 21 heavy (non-hydrogen) atoms. The Hall–Kier alpha value is -1.59. The van der Waals surface area contributed by atoms with E-state index in [9.17, 15) is 5.11 Å². The fraction of sp³-hybridized carbons (Fsp3) is 0.111. The maximum atomic E-state index is 10.3. The van der Waals surface area contributed by atoms with Crippen LogP contribution in [-0.2, 0) is 0 Å². The second-order valence-corrected chi connectivity index (χ2v) is 6.26. The van der Waals surface area contributed by atoms with Crippen LogP contribution in [0.4, 0.5) is 5.69 Å². The summed E-state index contributed by atoms with van der Waals surface area (Å²) >= 11 is 2.28. The van der Waals surface area contributed by atoms with Gasteiger partial charge in [0.15, 0.2) is 0 Å². The first-order chi connectivity index (χ1) is 10.2. The van der Waals surface area contributed by atoms with Crippen LogP contribution >= 0.6 is 22.6 Å². The van der Waals surface area contributed by atoms with E-state index in [1.165, 1.54) is 8.96 Å². The molecule has 0 spiro atoms. The molecule has 0 aliphatic carbocycles. The molecule has 1 unspecified atom stereocenters. The van der Waals surface area contributed by atoms with Gasteiger partial charge < -0.3 is 10.4 Å². The van der Waals surface area contributed by atoms with Gasteiger partial charge >= 0.3 is 0 Å². The minimum atomic E-state index is -0.520. The third kappa shape index (κ3) is 3.54. The Kier molecular flexibility index (Phi) is 4.41. The minimum absolute atomic E-state index is 0.499. The van der Waals surface area contributed by atoms with Crippen molar-refractivity contribution >= 4 is 39.1 Å². The number of aliphatic hydroxyl groups is 1. The third-order valence-corrected chi connectivity index (χ3v) is 4.22. The molecule has 0 saturated heterocycles. The molecular formula is C18H16INO. The summed E-state index contributed by atoms with van der Waals surface area (Å²) in [5, 5.41) is 15.9. The highest BCUT2D eigenvalue weighted by Gasteiger charge is 2.08. The quantitative estimate of drug-likeness (QED) is 0.640. The molecule has 106 valence electrons. The molecule has 0 amide bonds. The van der Waals surface area contributed by atoms with Gasteiger partial charge in [0, 0.05) is 15.8 Å². The van der Waals surface area contributed by atoms with Crippen molar-refractivity contribution in [2.24, 2.45) is 0 Å². The predicted octanol–water partition coefficient (Wildman–Crippen LogP) is 4.59. The number of hydrogen-bond acceptors (Lipinski definition) is 2. The van der Waals surface area contributed by atoms with Crippen LogP contribution in [0, 0.1) is 3.57 Å². The molecular weight excluding hydrogens is 373 g/mol. The van der Waals surface area contributed by atoms with E-state index in [-0.39, 0.29) is 0 Å². The highest BCUT2D eigenvalue weighted by Crippen LogP contribution is 2.21. The number of aliphatic hydroxyl groups excluding tert-OH is 1. The van der Waals surface area contributed by atoms with Crippen LogP contribution in [0.1, 0.15) is 11.7 Å². The Morgan fingerprint density at radius 3 is 2.38 bits per heavy atom. The molecule has 0 bridgehead atoms. The largest absolute Gasteiger partial charge is 0.387 e. The van der Waals surface area contributed by atoms with Gasteiger partial charge in [0.25, 0.3) is 0 Å². The van der Waals surface area contributed by atoms with Crippen molar-refractivity contribution in [3.63, 3.8) is 0 Å². The molecule has 0 heterocycles. The summed E-state index contributed by atoms with van der Waals surface area (Å²) in [6.07, 6.45) is -0.520. The predicted molar refractivity (Wildman–Crippen MR) is 96.6 cm³/mol. The van der Waals surface area contributed by atoms with Crippen LogP contribution in [0.3, 0.4) is 0 Å². The molecule has 3 aromatic rings. The summed E-state index contributed by atoms with van der Waals surface area (Å²) in [4.78, 5) is 0. The van der Waals surface area contributed by atoms with Crippen LogP contribution < -0.4 is 5.32 Å². The summed E-state index contributed by atoms with van der Waals surface area (Å²) in [6.45, 7) is 0.499. The first kappa shape index (κ1) is 14.4. The van der Waals surface area contributed by atoms with Gasteiger partial charge in [-0.2, -0.15) is 0 Å². The molecule has 0 aliphatic heterocycles. The Morgan fingerprint density at radius 2 is 1.62 bits per heavy atom. The number of benzene rings is 3. The number of fused-ring (bicyclic) bond motifs is 1. The van der Waals surface area contributed by atoms with Crippen molar-refractivity contribution in [3.8, 4) is 0 Å². The van der Waals surface area contributed by atoms with E-state index in [0.29, 0.717) is 6.54 Å². The van der Waals surface area contributed by atoms with E-state index in [1.807, 2.05) is 42.5 Å². The maximum absolute atomic E-state index is 10.3. The van der Waals surface area contributed by atoms with E-state index in [1.54, 1.807) is 0 Å². The van der Waals surface area contributed by atoms with E-state index >= 15 is 0 Å². The van der Waals surface area contributed by atoms with Gasteiger partial charge in [0.05, 0.1) is 6.10 Å². The molecule has 2 N–H and O–H groups in total. The number of halogens is 1. The molecule has 2 nitrogen and oxygen atoms in total. The van der Waals surface area contributed by atoms with E-state index in [0.717, 1.165) is 16.6 Å². The second kappa shape index (κ2) is 6.45. The van der Waals surface area contributed by atoms with Gasteiger partial charge in [-0.1, -0.05) is 36.4 Å².